The summed E-state index contributed by atoms with van der Waals surface area (Å²) < 4.78 is 106. The Kier molecular flexibility index (Phi) is 7.56. The molecule has 1 aliphatic heterocycles. The van der Waals surface area contributed by atoms with E-state index >= 15 is 0 Å². The van der Waals surface area contributed by atoms with Gasteiger partial charge in [0.05, 0.1) is 16.9 Å². The molecule has 2 atom stereocenters. The number of nitrogens with one attached hydrogen (secondary N) is 1. The fourth-order valence-corrected chi connectivity index (χ4v) is 5.39. The number of benzene rings is 2. The lowest BCUT2D eigenvalue weighted by atomic mass is 9.81. The van der Waals surface area contributed by atoms with Gasteiger partial charge in [-0.1, -0.05) is 11.3 Å². The second-order valence-electron chi connectivity index (χ2n) is 10.2. The van der Waals surface area contributed by atoms with Crippen LogP contribution in [0.3, 0.4) is 0 Å². The van der Waals surface area contributed by atoms with Gasteiger partial charge in [0.25, 0.3) is 5.91 Å². The largest absolute Gasteiger partial charge is 0.573 e. The molecule has 0 radical (unpaired) electrons. The molecule has 0 bridgehead atoms. The summed E-state index contributed by atoms with van der Waals surface area (Å²) in [6.45, 7) is -0.668. The molecular weight excluding hydrogens is 639 g/mol. The number of nitrogens with two attached hydrogens (primary N) is 2. The molecule has 6 N–H and O–H groups in total. The fraction of sp³-hybridized carbons (Fsp3) is 0.259. The molecule has 0 aliphatic carbocycles. The summed E-state index contributed by atoms with van der Waals surface area (Å²) in [5.74, 6) is -4.03. The fourth-order valence-electron chi connectivity index (χ4n) is 4.60. The minimum Gasteiger partial charge on any atom is -0.489 e. The minimum absolute atomic E-state index is 0.0413. The van der Waals surface area contributed by atoms with Crippen molar-refractivity contribution >= 4 is 38.5 Å². The van der Waals surface area contributed by atoms with Gasteiger partial charge < -0.3 is 31.4 Å². The number of ether oxygens (including phenoxy) is 2. The number of nitrogen functional groups attached to an aromatic ring is 1. The van der Waals surface area contributed by atoms with Crippen molar-refractivity contribution in [1.29, 1.82) is 0 Å². The van der Waals surface area contributed by atoms with E-state index in [0.29, 0.717) is 17.4 Å². The lowest BCUT2D eigenvalue weighted by molar-refractivity contribution is -0.274. The molecule has 4 aromatic rings. The number of carbonyl (C=O) groups excluding carboxylic acids is 2. The van der Waals surface area contributed by atoms with E-state index in [0.717, 1.165) is 24.3 Å². The van der Waals surface area contributed by atoms with Gasteiger partial charge in [0.15, 0.2) is 10.9 Å². The third-order valence-corrected chi connectivity index (χ3v) is 7.93. The van der Waals surface area contributed by atoms with E-state index in [9.17, 15) is 45.4 Å². The van der Waals surface area contributed by atoms with Crippen LogP contribution in [0.2, 0.25) is 0 Å². The zero-order valence-corrected chi connectivity index (χ0v) is 23.5. The number of aliphatic hydroxyl groups is 1. The van der Waals surface area contributed by atoms with Crippen LogP contribution in [0.25, 0.3) is 21.5 Å². The van der Waals surface area contributed by atoms with Gasteiger partial charge >= 0.3 is 12.5 Å². The van der Waals surface area contributed by atoms with Gasteiger partial charge in [-0.25, -0.2) is 14.4 Å². The molecule has 10 nitrogen and oxygen atoms in total. The number of hydrogen-bond donors (Lipinski definition) is 4. The van der Waals surface area contributed by atoms with Crippen LogP contribution in [-0.4, -0.2) is 52.6 Å². The Balaban J connectivity index is 1.58. The second-order valence-corrected chi connectivity index (χ2v) is 11.2. The maximum atomic E-state index is 14.6. The maximum Gasteiger partial charge on any atom is 0.573 e. The lowest BCUT2D eigenvalue weighted by Crippen LogP contribution is -2.51. The number of pyridine rings is 1. The molecular formula is C27H20F7N5O5S. The quantitative estimate of drug-likeness (QED) is 0.214. The molecule has 0 saturated carbocycles. The summed E-state index contributed by atoms with van der Waals surface area (Å²) in [7, 11) is 0. The molecule has 2 aromatic carbocycles. The first-order valence-electron chi connectivity index (χ1n) is 12.6. The predicted octanol–water partition coefficient (Wildman–Crippen LogP) is 4.29. The number of amides is 2. The Morgan fingerprint density at radius 1 is 1.11 bits per heavy atom. The molecule has 0 fully saturated rings. The number of nitrogens with zero attached hydrogens (tertiary/aromatic N) is 2. The Morgan fingerprint density at radius 2 is 1.78 bits per heavy atom. The first-order valence-corrected chi connectivity index (χ1v) is 13.4. The van der Waals surface area contributed by atoms with Gasteiger partial charge in [-0.2, -0.15) is 13.2 Å². The average Bonchev–Trinajstić information content (AvgIpc) is 3.50. The number of fused-ring (bicyclic) bond motifs is 2. The predicted molar refractivity (Wildman–Crippen MR) is 145 cm³/mol. The zero-order valence-electron chi connectivity index (χ0n) is 22.6. The number of carbonyl (C=O) groups is 2. The third kappa shape index (κ3) is 5.77. The van der Waals surface area contributed by atoms with Gasteiger partial charge in [-0.05, 0) is 49.4 Å². The number of halogens is 7. The van der Waals surface area contributed by atoms with Gasteiger partial charge in [0, 0.05) is 16.7 Å². The van der Waals surface area contributed by atoms with E-state index in [1.54, 1.807) is 0 Å². The molecule has 0 spiro atoms. The summed E-state index contributed by atoms with van der Waals surface area (Å²) in [5, 5.41) is 12.8. The van der Waals surface area contributed by atoms with Crippen molar-refractivity contribution in [3.05, 3.63) is 65.1 Å². The smallest absolute Gasteiger partial charge is 0.489 e. The van der Waals surface area contributed by atoms with Crippen LogP contribution in [0.4, 0.5) is 35.9 Å². The Hall–Kier alpha value is -4.71. The van der Waals surface area contributed by atoms with Crippen molar-refractivity contribution < 1.29 is 54.9 Å². The van der Waals surface area contributed by atoms with E-state index in [2.05, 4.69) is 14.7 Å². The SMILES string of the molecule is C[C@]1(C(N)=O)COc2c1cc([C@@](O)(CNC(=O)c1cc(OC(F)(F)F)c3nc(N)sc3c1)C(F)(F)F)nc2-c1ccc(F)cc1. The number of primary amides is 1. The van der Waals surface area contributed by atoms with Gasteiger partial charge in [0.1, 0.15) is 34.8 Å². The Morgan fingerprint density at radius 3 is 2.38 bits per heavy atom. The van der Waals surface area contributed by atoms with Crippen LogP contribution >= 0.6 is 11.3 Å². The monoisotopic (exact) mass is 659 g/mol. The van der Waals surface area contributed by atoms with E-state index in [-0.39, 0.29) is 44.5 Å². The topological polar surface area (TPSA) is 163 Å². The number of rotatable bonds is 7. The van der Waals surface area contributed by atoms with Crippen LogP contribution < -0.4 is 26.3 Å². The molecule has 2 aromatic heterocycles. The number of aromatic nitrogens is 2. The summed E-state index contributed by atoms with van der Waals surface area (Å²) in [6.07, 6.45) is -10.7. The highest BCUT2D eigenvalue weighted by Gasteiger charge is 2.57. The number of anilines is 1. The standard InChI is InChI=1S/C27H20F7N5O5S/c1-24(22(35)41)10-43-20-14(24)8-17(38-18(20)11-2-4-13(28)5-3-11)25(42,26(29,30)31)9-37-21(40)12-6-15(44-27(32,33)34)19-16(7-12)45-23(36)39-19/h2-8,42H,9-10H2,1H3,(H2,35,41)(H2,36,39)(H,37,40)/t24-,25-/m0/s1. The van der Waals surface area contributed by atoms with Gasteiger partial charge in [0.2, 0.25) is 11.5 Å². The van der Waals surface area contributed by atoms with Crippen molar-refractivity contribution in [1.82, 2.24) is 15.3 Å². The highest BCUT2D eigenvalue weighted by Crippen LogP contribution is 2.48. The third-order valence-electron chi connectivity index (χ3n) is 7.10. The Bertz CT molecular complexity index is 1830. The van der Waals surface area contributed by atoms with Crippen molar-refractivity contribution in [2.75, 3.05) is 18.9 Å². The van der Waals surface area contributed by atoms with Crippen LogP contribution in [-0.2, 0) is 15.8 Å². The zero-order chi connectivity index (χ0) is 33.1. The van der Waals surface area contributed by atoms with Crippen LogP contribution in [0.5, 0.6) is 11.5 Å². The van der Waals surface area contributed by atoms with Crippen LogP contribution in [0, 0.1) is 5.82 Å². The minimum atomic E-state index is -5.52. The first kappa shape index (κ1) is 31.7. The van der Waals surface area contributed by atoms with E-state index in [1.807, 2.05) is 5.32 Å². The van der Waals surface area contributed by atoms with Gasteiger partial charge in [-0.15, -0.1) is 13.2 Å². The van der Waals surface area contributed by atoms with E-state index < -0.39 is 64.7 Å². The van der Waals surface area contributed by atoms with Crippen molar-refractivity contribution in [3.8, 4) is 22.8 Å². The summed E-state index contributed by atoms with van der Waals surface area (Å²) in [5.41, 5.74) is 3.12. The highest BCUT2D eigenvalue weighted by molar-refractivity contribution is 7.22. The highest BCUT2D eigenvalue weighted by atomic mass is 32.1. The molecule has 2 amide bonds. The number of hydrogen-bond acceptors (Lipinski definition) is 9. The molecule has 18 heteroatoms. The van der Waals surface area contributed by atoms with Crippen molar-refractivity contribution in [2.24, 2.45) is 5.73 Å². The average molecular weight is 660 g/mol. The van der Waals surface area contributed by atoms with E-state index in [4.69, 9.17) is 16.2 Å². The molecule has 0 unspecified atom stereocenters. The molecule has 45 heavy (non-hydrogen) atoms. The van der Waals surface area contributed by atoms with Crippen molar-refractivity contribution in [2.45, 2.75) is 30.5 Å². The summed E-state index contributed by atoms with van der Waals surface area (Å²) >= 11 is 0.689. The van der Waals surface area contributed by atoms with Crippen LogP contribution in [0.1, 0.15) is 28.5 Å². The molecule has 3 heterocycles. The molecule has 5 rings (SSSR count). The molecule has 1 aliphatic rings. The van der Waals surface area contributed by atoms with E-state index in [1.165, 1.54) is 19.1 Å². The maximum absolute atomic E-state index is 14.6. The van der Waals surface area contributed by atoms with Gasteiger partial charge in [-0.3, -0.25) is 9.59 Å². The second kappa shape index (κ2) is 10.7. The normalized spacial score (nSPS) is 17.8. The molecule has 238 valence electrons. The van der Waals surface area contributed by atoms with Crippen LogP contribution in [0.15, 0.2) is 42.5 Å². The summed E-state index contributed by atoms with van der Waals surface area (Å²) in [4.78, 5) is 33.1. The number of alkyl halides is 6. The first-order chi connectivity index (χ1) is 20.8. The lowest BCUT2D eigenvalue weighted by Gasteiger charge is -2.31. The molecule has 0 saturated heterocycles. The summed E-state index contributed by atoms with van der Waals surface area (Å²) in [6, 6.07) is 6.76. The Labute approximate surface area is 251 Å². The van der Waals surface area contributed by atoms with Crippen molar-refractivity contribution in [3.63, 3.8) is 0 Å². The number of thiazole rings is 1.